The quantitative estimate of drug-likeness (QED) is 0.603. The molecule has 2 heterocycles. The van der Waals surface area contributed by atoms with Gasteiger partial charge in [-0.2, -0.15) is 9.40 Å². The van der Waals surface area contributed by atoms with Crippen LogP contribution in [0, 0.1) is 24.0 Å². The van der Waals surface area contributed by atoms with Gasteiger partial charge in [0.15, 0.2) is 0 Å². The first-order valence-electron chi connectivity index (χ1n) is 8.77. The molecule has 1 aromatic heterocycles. The van der Waals surface area contributed by atoms with Crippen LogP contribution in [0.3, 0.4) is 0 Å². The van der Waals surface area contributed by atoms with Crippen molar-refractivity contribution >= 4 is 21.6 Å². The molecule has 2 aromatic rings. The summed E-state index contributed by atoms with van der Waals surface area (Å²) in [6.07, 6.45) is 0.494. The summed E-state index contributed by atoms with van der Waals surface area (Å²) in [5.41, 5.74) is 1.15. The number of nitro benzene ring substituents is 1. The Labute approximate surface area is 162 Å². The summed E-state index contributed by atoms with van der Waals surface area (Å²) >= 11 is 0. The summed E-state index contributed by atoms with van der Waals surface area (Å²) in [5, 5.41) is 17.4. The number of hydrogen-bond donors (Lipinski definition) is 1. The van der Waals surface area contributed by atoms with Crippen molar-refractivity contribution in [2.24, 2.45) is 0 Å². The number of sulfonamides is 1. The Balaban J connectivity index is 1.74. The van der Waals surface area contributed by atoms with Crippen LogP contribution in [0.1, 0.15) is 28.2 Å². The van der Waals surface area contributed by atoms with E-state index in [0.29, 0.717) is 36.5 Å². The standard InChI is InChI=1S/C17H21N5O5S/c1-12-16(13(2)19-18-12)28(26,27)21-9-3-8-20(10-11-21)17(23)14-4-6-15(7-5-14)22(24)25/h4-7H,3,8-11H2,1-2H3,(H,18,19). The van der Waals surface area contributed by atoms with Gasteiger partial charge in [0.1, 0.15) is 4.90 Å². The Hall–Kier alpha value is -2.79. The molecule has 10 nitrogen and oxygen atoms in total. The highest BCUT2D eigenvalue weighted by molar-refractivity contribution is 7.89. The lowest BCUT2D eigenvalue weighted by Crippen LogP contribution is -2.37. The number of benzene rings is 1. The van der Waals surface area contributed by atoms with Gasteiger partial charge in [0.25, 0.3) is 11.6 Å². The number of rotatable bonds is 4. The monoisotopic (exact) mass is 407 g/mol. The summed E-state index contributed by atoms with van der Waals surface area (Å²) in [4.78, 5) is 24.7. The molecule has 0 spiro atoms. The Kier molecular flexibility index (Phi) is 5.47. The normalized spacial score (nSPS) is 16.0. The molecule has 1 amide bonds. The van der Waals surface area contributed by atoms with Crippen LogP contribution in [0.4, 0.5) is 5.69 Å². The maximum atomic E-state index is 13.0. The van der Waals surface area contributed by atoms with Gasteiger partial charge in [0, 0.05) is 43.9 Å². The molecule has 0 atom stereocenters. The SMILES string of the molecule is Cc1n[nH]c(C)c1S(=O)(=O)N1CCCN(C(=O)c2ccc([N+](=O)[O-])cc2)CC1. The summed E-state index contributed by atoms with van der Waals surface area (Å²) in [5.74, 6) is -0.273. The van der Waals surface area contributed by atoms with Gasteiger partial charge in [-0.05, 0) is 32.4 Å². The molecule has 1 aliphatic rings. The minimum absolute atomic E-state index is 0.0875. The lowest BCUT2D eigenvalue weighted by molar-refractivity contribution is -0.384. The number of non-ortho nitro benzene ring substituents is 1. The summed E-state index contributed by atoms with van der Waals surface area (Å²) < 4.78 is 27.4. The molecule has 150 valence electrons. The molecule has 1 fully saturated rings. The Bertz CT molecular complexity index is 980. The molecule has 0 aliphatic carbocycles. The van der Waals surface area contributed by atoms with E-state index in [1.165, 1.54) is 28.6 Å². The predicted molar refractivity (Wildman–Crippen MR) is 100 cm³/mol. The first-order chi connectivity index (χ1) is 13.2. The molecule has 0 bridgehead atoms. The second-order valence-corrected chi connectivity index (χ2v) is 8.49. The average Bonchev–Trinajstić information content (AvgIpc) is 2.86. The van der Waals surface area contributed by atoms with Crippen molar-refractivity contribution in [3.05, 3.63) is 51.3 Å². The van der Waals surface area contributed by atoms with Gasteiger partial charge in [-0.25, -0.2) is 8.42 Å². The largest absolute Gasteiger partial charge is 0.337 e. The highest BCUT2D eigenvalue weighted by Gasteiger charge is 2.32. The maximum Gasteiger partial charge on any atom is 0.269 e. The van der Waals surface area contributed by atoms with E-state index in [1.807, 2.05) is 0 Å². The summed E-state index contributed by atoms with van der Waals surface area (Å²) in [6.45, 7) is 4.42. The first kappa shape index (κ1) is 20.0. The third-order valence-electron chi connectivity index (χ3n) is 4.73. The number of carbonyl (C=O) groups is 1. The Morgan fingerprint density at radius 3 is 2.39 bits per heavy atom. The van der Waals surface area contributed by atoms with Gasteiger partial charge >= 0.3 is 0 Å². The summed E-state index contributed by atoms with van der Waals surface area (Å²) in [6, 6.07) is 5.40. The number of carbonyl (C=O) groups excluding carboxylic acids is 1. The van der Waals surface area contributed by atoms with Crippen molar-refractivity contribution in [1.29, 1.82) is 0 Å². The lowest BCUT2D eigenvalue weighted by Gasteiger charge is -2.22. The molecule has 0 radical (unpaired) electrons. The zero-order valence-corrected chi connectivity index (χ0v) is 16.4. The van der Waals surface area contributed by atoms with Gasteiger partial charge in [-0.3, -0.25) is 20.0 Å². The lowest BCUT2D eigenvalue weighted by atomic mass is 10.2. The van der Waals surface area contributed by atoms with Crippen LogP contribution >= 0.6 is 0 Å². The van der Waals surface area contributed by atoms with E-state index in [0.717, 1.165) is 0 Å². The molecule has 0 saturated carbocycles. The topological polar surface area (TPSA) is 130 Å². The fourth-order valence-corrected chi connectivity index (χ4v) is 5.10. The van der Waals surface area contributed by atoms with Crippen LogP contribution < -0.4 is 0 Å². The minimum Gasteiger partial charge on any atom is -0.337 e. The summed E-state index contributed by atoms with van der Waals surface area (Å²) in [7, 11) is -3.71. The smallest absolute Gasteiger partial charge is 0.269 e. The van der Waals surface area contributed by atoms with Crippen molar-refractivity contribution in [2.75, 3.05) is 26.2 Å². The van der Waals surface area contributed by atoms with Crippen molar-refractivity contribution in [3.8, 4) is 0 Å². The predicted octanol–water partition coefficient (Wildman–Crippen LogP) is 1.47. The molecule has 28 heavy (non-hydrogen) atoms. The van der Waals surface area contributed by atoms with E-state index in [1.54, 1.807) is 18.7 Å². The van der Waals surface area contributed by atoms with Gasteiger partial charge in [0.2, 0.25) is 10.0 Å². The van der Waals surface area contributed by atoms with Crippen LogP contribution in [0.25, 0.3) is 0 Å². The Morgan fingerprint density at radius 1 is 1.14 bits per heavy atom. The van der Waals surface area contributed by atoms with E-state index < -0.39 is 14.9 Å². The second kappa shape index (κ2) is 7.68. The zero-order valence-electron chi connectivity index (χ0n) is 15.6. The number of H-pyrrole nitrogens is 1. The van der Waals surface area contributed by atoms with Gasteiger partial charge in [-0.1, -0.05) is 0 Å². The molecule has 1 aromatic carbocycles. The molecular formula is C17H21N5O5S. The zero-order chi connectivity index (χ0) is 20.5. The van der Waals surface area contributed by atoms with Gasteiger partial charge < -0.3 is 4.90 Å². The number of nitrogens with zero attached hydrogens (tertiary/aromatic N) is 4. The molecule has 3 rings (SSSR count). The number of nitro groups is 1. The van der Waals surface area contributed by atoms with E-state index >= 15 is 0 Å². The molecule has 1 saturated heterocycles. The number of aromatic nitrogens is 2. The molecule has 11 heteroatoms. The molecule has 1 N–H and O–H groups in total. The van der Waals surface area contributed by atoms with Crippen LogP contribution in [0.2, 0.25) is 0 Å². The van der Waals surface area contributed by atoms with Crippen molar-refractivity contribution in [1.82, 2.24) is 19.4 Å². The number of aryl methyl sites for hydroxylation is 2. The highest BCUT2D eigenvalue weighted by atomic mass is 32.2. The third kappa shape index (κ3) is 3.76. The minimum atomic E-state index is -3.71. The number of aromatic amines is 1. The van der Waals surface area contributed by atoms with Crippen LogP contribution in [0.5, 0.6) is 0 Å². The van der Waals surface area contributed by atoms with Crippen LogP contribution in [-0.4, -0.2) is 64.8 Å². The van der Waals surface area contributed by atoms with Crippen LogP contribution in [-0.2, 0) is 10.0 Å². The molecule has 0 unspecified atom stereocenters. The molecular weight excluding hydrogens is 386 g/mol. The fraction of sp³-hybridized carbons (Fsp3) is 0.412. The number of hydrogen-bond acceptors (Lipinski definition) is 6. The van der Waals surface area contributed by atoms with E-state index in [4.69, 9.17) is 0 Å². The van der Waals surface area contributed by atoms with E-state index in [-0.39, 0.29) is 29.6 Å². The maximum absolute atomic E-state index is 13.0. The van der Waals surface area contributed by atoms with Crippen molar-refractivity contribution < 1.29 is 18.1 Å². The average molecular weight is 407 g/mol. The van der Waals surface area contributed by atoms with E-state index in [2.05, 4.69) is 10.2 Å². The van der Waals surface area contributed by atoms with E-state index in [9.17, 15) is 23.3 Å². The van der Waals surface area contributed by atoms with Gasteiger partial charge in [0.05, 0.1) is 16.3 Å². The highest BCUT2D eigenvalue weighted by Crippen LogP contribution is 2.23. The van der Waals surface area contributed by atoms with Crippen LogP contribution in [0.15, 0.2) is 29.2 Å². The molecule has 1 aliphatic heterocycles. The Morgan fingerprint density at radius 2 is 1.82 bits per heavy atom. The fourth-order valence-electron chi connectivity index (χ4n) is 3.30. The third-order valence-corrected chi connectivity index (χ3v) is 6.89. The number of nitrogens with one attached hydrogen (secondary N) is 1. The second-order valence-electron chi connectivity index (χ2n) is 6.62. The first-order valence-corrected chi connectivity index (χ1v) is 10.2. The van der Waals surface area contributed by atoms with Gasteiger partial charge in [-0.15, -0.1) is 0 Å². The van der Waals surface area contributed by atoms with Crippen molar-refractivity contribution in [3.63, 3.8) is 0 Å². The number of amides is 1. The van der Waals surface area contributed by atoms with Crippen molar-refractivity contribution in [2.45, 2.75) is 25.2 Å².